The highest BCUT2D eigenvalue weighted by Crippen LogP contribution is 2.69. The zero-order valence-corrected chi connectivity index (χ0v) is 23.8. The molecule has 1 unspecified atom stereocenters. The van der Waals surface area contributed by atoms with Crippen LogP contribution in [0.25, 0.3) is 0 Å². The Bertz CT molecular complexity index is 831. The van der Waals surface area contributed by atoms with E-state index in [1.165, 1.54) is 7.11 Å². The van der Waals surface area contributed by atoms with E-state index in [0.717, 1.165) is 51.4 Å². The van der Waals surface area contributed by atoms with E-state index in [4.69, 9.17) is 14.2 Å². The maximum absolute atomic E-state index is 12.0. The molecule has 4 aliphatic carbocycles. The first kappa shape index (κ1) is 28.7. The fourth-order valence-corrected chi connectivity index (χ4v) is 10.1. The molecular formula is C30H50O7. The molecule has 0 aliphatic heterocycles. The Labute approximate surface area is 223 Å². The Kier molecular flexibility index (Phi) is 8.55. The molecule has 212 valence electrons. The third-order valence-corrected chi connectivity index (χ3v) is 11.6. The lowest BCUT2D eigenvalue weighted by Gasteiger charge is -2.66. The van der Waals surface area contributed by atoms with Gasteiger partial charge < -0.3 is 24.4 Å². The molecule has 4 saturated carbocycles. The average molecular weight is 523 g/mol. The van der Waals surface area contributed by atoms with E-state index < -0.39 is 18.4 Å². The number of hydrogen-bond acceptors (Lipinski definition) is 7. The second-order valence-corrected chi connectivity index (χ2v) is 13.1. The molecule has 0 amide bonds. The van der Waals surface area contributed by atoms with Crippen molar-refractivity contribution in [2.75, 3.05) is 13.7 Å². The van der Waals surface area contributed by atoms with Crippen molar-refractivity contribution in [3.63, 3.8) is 0 Å². The van der Waals surface area contributed by atoms with Crippen molar-refractivity contribution in [3.8, 4) is 0 Å². The number of hydrogen-bond donors (Lipinski definition) is 2. The number of ether oxygens (including phenoxy) is 3. The van der Waals surface area contributed by atoms with Crippen LogP contribution in [0, 0.1) is 52.3 Å². The highest BCUT2D eigenvalue weighted by Gasteiger charge is 2.67. The van der Waals surface area contributed by atoms with Crippen molar-refractivity contribution in [3.05, 3.63) is 0 Å². The Morgan fingerprint density at radius 1 is 1.05 bits per heavy atom. The highest BCUT2D eigenvalue weighted by atomic mass is 16.7. The molecule has 12 atom stereocenters. The van der Waals surface area contributed by atoms with Crippen molar-refractivity contribution >= 4 is 12.1 Å². The first-order chi connectivity index (χ1) is 17.5. The molecule has 0 spiro atoms. The van der Waals surface area contributed by atoms with Crippen LogP contribution in [0.2, 0.25) is 0 Å². The molecule has 0 bridgehead atoms. The van der Waals surface area contributed by atoms with Crippen molar-refractivity contribution in [1.29, 1.82) is 0 Å². The highest BCUT2D eigenvalue weighted by molar-refractivity contribution is 5.69. The lowest BCUT2D eigenvalue weighted by molar-refractivity contribution is -0.236. The molecular weight excluding hydrogens is 472 g/mol. The normalized spacial score (nSPS) is 45.7. The van der Waals surface area contributed by atoms with Gasteiger partial charge in [0.2, 0.25) is 0 Å². The topological polar surface area (TPSA) is 102 Å². The number of methoxy groups -OCH3 is 1. The van der Waals surface area contributed by atoms with Gasteiger partial charge in [0, 0.05) is 6.42 Å². The number of esters is 1. The molecule has 37 heavy (non-hydrogen) atoms. The van der Waals surface area contributed by atoms with E-state index in [2.05, 4.69) is 27.7 Å². The van der Waals surface area contributed by atoms with Gasteiger partial charge in [0.15, 0.2) is 0 Å². The summed E-state index contributed by atoms with van der Waals surface area (Å²) in [6.45, 7) is 11.2. The van der Waals surface area contributed by atoms with Gasteiger partial charge >= 0.3 is 12.1 Å². The van der Waals surface area contributed by atoms with Gasteiger partial charge in [0.25, 0.3) is 0 Å². The largest absolute Gasteiger partial charge is 0.508 e. The number of carbonyl (C=O) groups excluding carboxylic acids is 2. The smallest absolute Gasteiger partial charge is 0.469 e. The molecule has 0 aromatic rings. The Hall–Kier alpha value is -1.34. The minimum atomic E-state index is -0.606. The standard InChI is InChI=1S/C30H50O7/c1-7-19-22-15-18(37-28(34)36-8-2)13-14-29(22,4)26-23(31)16-30(5)20(17(3)9-12-24(32)35-6)10-11-21(30)25(26)27(19)33/h17-23,25-27,31,33H,7-16H2,1-6H3/t17?,18-,19-,20-,21+,22+,23+,25+,26+,27-,29+,30-/m1/s1. The summed E-state index contributed by atoms with van der Waals surface area (Å²) in [5.41, 5.74) is -0.156. The monoisotopic (exact) mass is 522 g/mol. The van der Waals surface area contributed by atoms with E-state index >= 15 is 0 Å². The molecule has 7 heteroatoms. The molecule has 4 aliphatic rings. The van der Waals surface area contributed by atoms with Crippen LogP contribution >= 0.6 is 0 Å². The summed E-state index contributed by atoms with van der Waals surface area (Å²) in [6, 6.07) is 0. The van der Waals surface area contributed by atoms with Crippen LogP contribution in [0.15, 0.2) is 0 Å². The molecule has 0 radical (unpaired) electrons. The summed E-state index contributed by atoms with van der Waals surface area (Å²) in [5, 5.41) is 23.8. The first-order valence-electron chi connectivity index (χ1n) is 14.8. The van der Waals surface area contributed by atoms with E-state index in [1.807, 2.05) is 0 Å². The van der Waals surface area contributed by atoms with Crippen molar-refractivity contribution in [2.45, 2.75) is 111 Å². The average Bonchev–Trinajstić information content (AvgIpc) is 3.19. The SMILES string of the molecule is CCOC(=O)O[C@@H]1CC[C@]2(C)[C@@H]3[C@@H]([C@H](O)[C@H](CC)[C@@H]2C1)[C@@H]1CC[C@H](C(C)CCC(=O)OC)[C@@]1(C)C[C@@H]3O. The molecule has 0 saturated heterocycles. The van der Waals surface area contributed by atoms with E-state index in [1.54, 1.807) is 6.92 Å². The van der Waals surface area contributed by atoms with Crippen LogP contribution in [-0.4, -0.2) is 54.4 Å². The molecule has 2 N–H and O–H groups in total. The van der Waals surface area contributed by atoms with Crippen LogP contribution in [0.1, 0.15) is 92.4 Å². The third kappa shape index (κ3) is 4.92. The van der Waals surface area contributed by atoms with Crippen LogP contribution in [0.4, 0.5) is 4.79 Å². The zero-order chi connectivity index (χ0) is 27.1. The van der Waals surface area contributed by atoms with E-state index in [9.17, 15) is 19.8 Å². The summed E-state index contributed by atoms with van der Waals surface area (Å²) >= 11 is 0. The van der Waals surface area contributed by atoms with Gasteiger partial charge in [-0.05, 0) is 104 Å². The fraction of sp³-hybridized carbons (Fsp3) is 0.933. The van der Waals surface area contributed by atoms with Gasteiger partial charge in [-0.3, -0.25) is 4.79 Å². The molecule has 0 aromatic carbocycles. The van der Waals surface area contributed by atoms with Gasteiger partial charge in [-0.15, -0.1) is 0 Å². The Morgan fingerprint density at radius 2 is 1.78 bits per heavy atom. The van der Waals surface area contributed by atoms with Crippen LogP contribution in [-0.2, 0) is 19.0 Å². The molecule has 0 aromatic heterocycles. The quantitative estimate of drug-likeness (QED) is 0.434. The van der Waals surface area contributed by atoms with Crippen molar-refractivity contribution in [1.82, 2.24) is 0 Å². The molecule has 7 nitrogen and oxygen atoms in total. The van der Waals surface area contributed by atoms with Gasteiger partial charge in [0.05, 0.1) is 25.9 Å². The molecule has 0 heterocycles. The third-order valence-electron chi connectivity index (χ3n) is 11.6. The summed E-state index contributed by atoms with van der Waals surface area (Å²) in [4.78, 5) is 23.8. The summed E-state index contributed by atoms with van der Waals surface area (Å²) in [7, 11) is 1.44. The van der Waals surface area contributed by atoms with Crippen LogP contribution in [0.3, 0.4) is 0 Å². The summed E-state index contributed by atoms with van der Waals surface area (Å²) in [6.07, 6.45) is 5.61. The van der Waals surface area contributed by atoms with Crippen LogP contribution in [0.5, 0.6) is 0 Å². The molecule has 4 rings (SSSR count). The zero-order valence-electron chi connectivity index (χ0n) is 23.8. The van der Waals surface area contributed by atoms with Gasteiger partial charge in [0.1, 0.15) is 6.10 Å². The second-order valence-electron chi connectivity index (χ2n) is 13.1. The second kappa shape index (κ2) is 11.0. The van der Waals surface area contributed by atoms with E-state index in [0.29, 0.717) is 30.8 Å². The Balaban J connectivity index is 1.58. The van der Waals surface area contributed by atoms with Crippen molar-refractivity contribution in [2.24, 2.45) is 52.3 Å². The first-order valence-corrected chi connectivity index (χ1v) is 14.8. The maximum atomic E-state index is 12.0. The summed E-state index contributed by atoms with van der Waals surface area (Å²) < 4.78 is 15.6. The van der Waals surface area contributed by atoms with E-state index in [-0.39, 0.29) is 46.6 Å². The van der Waals surface area contributed by atoms with Crippen LogP contribution < -0.4 is 0 Å². The number of aliphatic hydroxyl groups excluding tert-OH is 2. The lowest BCUT2D eigenvalue weighted by Crippen LogP contribution is -2.66. The number of fused-ring (bicyclic) bond motifs is 5. The Morgan fingerprint density at radius 3 is 2.43 bits per heavy atom. The minimum absolute atomic E-state index is 0.0426. The predicted octanol–water partition coefficient (Wildman–Crippen LogP) is 5.35. The molecule has 4 fully saturated rings. The van der Waals surface area contributed by atoms with Crippen molar-refractivity contribution < 1.29 is 34.0 Å². The predicted molar refractivity (Wildman–Crippen MR) is 139 cm³/mol. The minimum Gasteiger partial charge on any atom is -0.469 e. The number of rotatable bonds is 7. The number of aliphatic hydroxyl groups is 2. The fourth-order valence-electron chi connectivity index (χ4n) is 10.1. The van der Waals surface area contributed by atoms with Gasteiger partial charge in [-0.1, -0.05) is 34.1 Å². The lowest BCUT2D eigenvalue weighted by atomic mass is 9.40. The van der Waals surface area contributed by atoms with Gasteiger partial charge in [-0.2, -0.15) is 0 Å². The number of carbonyl (C=O) groups is 2. The summed E-state index contributed by atoms with van der Waals surface area (Å²) in [5.74, 6) is 1.40. The maximum Gasteiger partial charge on any atom is 0.508 e. The van der Waals surface area contributed by atoms with Gasteiger partial charge in [-0.25, -0.2) is 4.79 Å².